The van der Waals surface area contributed by atoms with Gasteiger partial charge in [-0.05, 0) is 55.9 Å². The lowest BCUT2D eigenvalue weighted by atomic mass is 9.89. The summed E-state index contributed by atoms with van der Waals surface area (Å²) in [5, 5.41) is 7.97. The van der Waals surface area contributed by atoms with E-state index in [0.717, 1.165) is 57.9 Å². The third-order valence-corrected chi connectivity index (χ3v) is 6.86. The molecule has 3 fully saturated rings. The number of piperidine rings is 1. The van der Waals surface area contributed by atoms with E-state index in [1.807, 2.05) is 6.07 Å². The summed E-state index contributed by atoms with van der Waals surface area (Å²) in [6.07, 6.45) is 7.66. The Kier molecular flexibility index (Phi) is 5.57. The number of carbonyl (C=O) groups excluding carboxylic acids is 1. The lowest BCUT2D eigenvalue weighted by molar-refractivity contribution is -0.117. The van der Waals surface area contributed by atoms with Crippen molar-refractivity contribution in [3.8, 4) is 0 Å². The zero-order chi connectivity index (χ0) is 19.6. The fourth-order valence-corrected chi connectivity index (χ4v) is 5.36. The first-order valence-corrected chi connectivity index (χ1v) is 11.2. The van der Waals surface area contributed by atoms with Gasteiger partial charge in [0, 0.05) is 67.5 Å². The molecule has 0 saturated carbocycles. The lowest BCUT2D eigenvalue weighted by Gasteiger charge is -2.28. The fourth-order valence-electron chi connectivity index (χ4n) is 5.36. The maximum atomic E-state index is 12.6. The zero-order valence-corrected chi connectivity index (χ0v) is 17.1. The van der Waals surface area contributed by atoms with Crippen LogP contribution in [0, 0.1) is 5.92 Å². The van der Waals surface area contributed by atoms with E-state index in [4.69, 9.17) is 4.74 Å². The molecule has 0 aliphatic carbocycles. The van der Waals surface area contributed by atoms with Crippen LogP contribution in [-0.2, 0) is 16.1 Å². The summed E-state index contributed by atoms with van der Waals surface area (Å²) in [4.78, 5) is 15.0. The number of benzene rings is 1. The maximum Gasteiger partial charge on any atom is 0.224 e. The topological polar surface area (TPSA) is 58.5 Å². The van der Waals surface area contributed by atoms with Gasteiger partial charge in [0.05, 0.1) is 13.2 Å². The van der Waals surface area contributed by atoms with Gasteiger partial charge in [-0.1, -0.05) is 0 Å². The molecule has 2 atom stereocenters. The maximum absolute atomic E-state index is 12.6. The summed E-state index contributed by atoms with van der Waals surface area (Å²) < 4.78 is 7.73. The standard InChI is InChI=1S/C23H32N4O2/c28-23(15-17-13-19-1-2-20(14-17)24-19)25-21-3-4-22-18(16-21)5-6-27(22)8-7-26-9-11-29-12-10-26/h3-6,16-17,19-20,24H,1-2,7-15H2,(H,25,28). The number of morpholine rings is 1. The minimum Gasteiger partial charge on any atom is -0.379 e. The van der Waals surface area contributed by atoms with E-state index in [-0.39, 0.29) is 5.91 Å². The van der Waals surface area contributed by atoms with Crippen LogP contribution in [0.25, 0.3) is 10.9 Å². The molecule has 156 valence electrons. The first-order valence-electron chi connectivity index (χ1n) is 11.2. The Bertz CT molecular complexity index is 846. The number of hydrogen-bond acceptors (Lipinski definition) is 4. The van der Waals surface area contributed by atoms with E-state index in [1.54, 1.807) is 0 Å². The Labute approximate surface area is 172 Å². The van der Waals surface area contributed by atoms with Crippen molar-refractivity contribution in [1.29, 1.82) is 0 Å². The highest BCUT2D eigenvalue weighted by Crippen LogP contribution is 2.33. The first-order chi connectivity index (χ1) is 14.2. The third kappa shape index (κ3) is 4.49. The molecule has 5 rings (SSSR count). The fraction of sp³-hybridized carbons (Fsp3) is 0.609. The molecule has 0 radical (unpaired) electrons. The smallest absolute Gasteiger partial charge is 0.224 e. The van der Waals surface area contributed by atoms with Crippen LogP contribution >= 0.6 is 0 Å². The molecule has 1 aromatic carbocycles. The molecular formula is C23H32N4O2. The Morgan fingerprint density at radius 1 is 1.10 bits per heavy atom. The molecule has 2 aromatic rings. The first kappa shape index (κ1) is 19.1. The van der Waals surface area contributed by atoms with Crippen LogP contribution in [0.3, 0.4) is 0 Å². The Hall–Kier alpha value is -1.89. The minimum absolute atomic E-state index is 0.155. The van der Waals surface area contributed by atoms with Crippen LogP contribution < -0.4 is 10.6 Å². The van der Waals surface area contributed by atoms with Crippen molar-refractivity contribution >= 4 is 22.5 Å². The molecule has 29 heavy (non-hydrogen) atoms. The predicted molar refractivity (Wildman–Crippen MR) is 115 cm³/mol. The van der Waals surface area contributed by atoms with Crippen molar-refractivity contribution in [1.82, 2.24) is 14.8 Å². The zero-order valence-electron chi connectivity index (χ0n) is 17.1. The van der Waals surface area contributed by atoms with Crippen LogP contribution in [-0.4, -0.2) is 60.3 Å². The quantitative estimate of drug-likeness (QED) is 0.788. The number of nitrogens with zero attached hydrogens (tertiary/aromatic N) is 2. The predicted octanol–water partition coefficient (Wildman–Crippen LogP) is 2.83. The van der Waals surface area contributed by atoms with Crippen LogP contribution in [0.1, 0.15) is 32.1 Å². The summed E-state index contributed by atoms with van der Waals surface area (Å²) in [6.45, 7) is 5.75. The van der Waals surface area contributed by atoms with Crippen molar-refractivity contribution in [2.45, 2.75) is 50.7 Å². The highest BCUT2D eigenvalue weighted by atomic mass is 16.5. The van der Waals surface area contributed by atoms with Gasteiger partial charge in [-0.2, -0.15) is 0 Å². The number of anilines is 1. The number of carbonyl (C=O) groups is 1. The molecule has 2 bridgehead atoms. The molecule has 0 spiro atoms. The van der Waals surface area contributed by atoms with E-state index < -0.39 is 0 Å². The van der Waals surface area contributed by atoms with Crippen LogP contribution in [0.5, 0.6) is 0 Å². The van der Waals surface area contributed by atoms with Crippen LogP contribution in [0.15, 0.2) is 30.5 Å². The Balaban J connectivity index is 1.17. The molecule has 6 nitrogen and oxygen atoms in total. The van der Waals surface area contributed by atoms with E-state index in [2.05, 4.69) is 44.5 Å². The summed E-state index contributed by atoms with van der Waals surface area (Å²) in [6, 6.07) is 9.70. The van der Waals surface area contributed by atoms with Gasteiger partial charge in [0.25, 0.3) is 0 Å². The minimum atomic E-state index is 0.155. The average molecular weight is 397 g/mol. The van der Waals surface area contributed by atoms with Crippen molar-refractivity contribution in [2.24, 2.45) is 5.92 Å². The molecular weight excluding hydrogens is 364 g/mol. The van der Waals surface area contributed by atoms with Gasteiger partial charge in [-0.15, -0.1) is 0 Å². The number of ether oxygens (including phenoxy) is 1. The largest absolute Gasteiger partial charge is 0.379 e. The monoisotopic (exact) mass is 396 g/mol. The molecule has 2 unspecified atom stereocenters. The van der Waals surface area contributed by atoms with E-state index in [0.29, 0.717) is 24.4 Å². The van der Waals surface area contributed by atoms with Gasteiger partial charge >= 0.3 is 0 Å². The Morgan fingerprint density at radius 3 is 2.69 bits per heavy atom. The molecule has 1 aromatic heterocycles. The van der Waals surface area contributed by atoms with Gasteiger partial charge in [0.1, 0.15) is 0 Å². The number of fused-ring (bicyclic) bond motifs is 3. The molecule has 3 aliphatic rings. The molecule has 4 heterocycles. The summed E-state index contributed by atoms with van der Waals surface area (Å²) >= 11 is 0. The number of amides is 1. The summed E-state index contributed by atoms with van der Waals surface area (Å²) in [5.74, 6) is 0.682. The molecule has 6 heteroatoms. The molecule has 3 aliphatic heterocycles. The number of hydrogen-bond donors (Lipinski definition) is 2. The lowest BCUT2D eigenvalue weighted by Crippen LogP contribution is -2.39. The SMILES string of the molecule is O=C(CC1CC2CCC(C1)N2)Nc1ccc2c(ccn2CCN2CCOCC2)c1. The van der Waals surface area contributed by atoms with Crippen molar-refractivity contribution in [3.63, 3.8) is 0 Å². The summed E-state index contributed by atoms with van der Waals surface area (Å²) in [5.41, 5.74) is 2.14. The number of nitrogens with one attached hydrogen (secondary N) is 2. The Morgan fingerprint density at radius 2 is 1.90 bits per heavy atom. The number of rotatable bonds is 6. The van der Waals surface area contributed by atoms with E-state index >= 15 is 0 Å². The van der Waals surface area contributed by atoms with Gasteiger partial charge in [-0.25, -0.2) is 0 Å². The van der Waals surface area contributed by atoms with Gasteiger partial charge in [0.2, 0.25) is 5.91 Å². The van der Waals surface area contributed by atoms with Crippen LogP contribution in [0.2, 0.25) is 0 Å². The third-order valence-electron chi connectivity index (χ3n) is 6.86. The van der Waals surface area contributed by atoms with Crippen molar-refractivity contribution < 1.29 is 9.53 Å². The molecule has 1 amide bonds. The number of aromatic nitrogens is 1. The van der Waals surface area contributed by atoms with Crippen molar-refractivity contribution in [3.05, 3.63) is 30.5 Å². The molecule has 2 N–H and O–H groups in total. The second-order valence-corrected chi connectivity index (χ2v) is 8.96. The average Bonchev–Trinajstić information content (AvgIpc) is 3.29. The van der Waals surface area contributed by atoms with Crippen LogP contribution in [0.4, 0.5) is 5.69 Å². The summed E-state index contributed by atoms with van der Waals surface area (Å²) in [7, 11) is 0. The van der Waals surface area contributed by atoms with Gasteiger partial charge in [0.15, 0.2) is 0 Å². The van der Waals surface area contributed by atoms with Gasteiger partial charge in [-0.3, -0.25) is 9.69 Å². The van der Waals surface area contributed by atoms with Gasteiger partial charge < -0.3 is 19.9 Å². The molecule has 3 saturated heterocycles. The second kappa shape index (κ2) is 8.46. The highest BCUT2D eigenvalue weighted by Gasteiger charge is 2.34. The van der Waals surface area contributed by atoms with E-state index in [1.165, 1.54) is 23.7 Å². The highest BCUT2D eigenvalue weighted by molar-refractivity contribution is 5.94. The normalized spacial score (nSPS) is 27.4. The van der Waals surface area contributed by atoms with E-state index in [9.17, 15) is 4.79 Å². The second-order valence-electron chi connectivity index (χ2n) is 8.96. The van der Waals surface area contributed by atoms with Crippen molar-refractivity contribution in [2.75, 3.05) is 38.2 Å².